The topological polar surface area (TPSA) is 64.2 Å². The molecule has 3 aromatic rings. The molecule has 0 radical (unpaired) electrons. The molecule has 0 unspecified atom stereocenters. The number of alkyl halides is 3. The van der Waals surface area contributed by atoms with Crippen LogP contribution in [-0.2, 0) is 6.54 Å². The number of methoxy groups -OCH3 is 1. The Bertz CT molecular complexity index is 1230. The molecular formula is C27H31F3N4O. The Morgan fingerprint density at radius 3 is 2.57 bits per heavy atom. The summed E-state index contributed by atoms with van der Waals surface area (Å²) >= 11 is 0. The molecule has 186 valence electrons. The molecule has 1 aromatic heterocycles. The normalized spacial score (nSPS) is 18.1. The smallest absolute Gasteiger partial charge is 0.406 e. The van der Waals surface area contributed by atoms with Crippen LogP contribution in [0, 0.1) is 18.8 Å². The number of nitrogens with two attached hydrogens (primary N) is 1. The Hall–Kier alpha value is -3.31. The van der Waals surface area contributed by atoms with Gasteiger partial charge < -0.3 is 25.7 Å². The lowest BCUT2D eigenvalue weighted by atomic mass is 9.91. The van der Waals surface area contributed by atoms with Crippen LogP contribution in [0.25, 0.3) is 10.9 Å². The van der Waals surface area contributed by atoms with Gasteiger partial charge in [0.25, 0.3) is 0 Å². The van der Waals surface area contributed by atoms with E-state index in [4.69, 9.17) is 10.5 Å². The van der Waals surface area contributed by atoms with Crippen LogP contribution in [0.3, 0.4) is 0 Å². The van der Waals surface area contributed by atoms with Crippen LogP contribution in [0.15, 0.2) is 42.5 Å². The van der Waals surface area contributed by atoms with Gasteiger partial charge in [-0.25, -0.2) is 0 Å². The van der Waals surface area contributed by atoms with Crippen molar-refractivity contribution in [3.8, 4) is 17.6 Å². The Balaban J connectivity index is 1.60. The summed E-state index contributed by atoms with van der Waals surface area (Å²) in [5.74, 6) is 6.61. The number of hydrogen-bond acceptors (Lipinski definition) is 4. The van der Waals surface area contributed by atoms with E-state index in [1.54, 1.807) is 25.3 Å². The first-order valence-electron chi connectivity index (χ1n) is 11.8. The minimum atomic E-state index is -4.36. The SMILES string of the molecule is COc1cc(C)ccc1NCC#Cc1cc2c(NC3CCC(N)CC3)cccc2n1CC(F)(F)F. The highest BCUT2D eigenvalue weighted by Crippen LogP contribution is 2.32. The molecule has 2 aromatic carbocycles. The lowest BCUT2D eigenvalue weighted by molar-refractivity contribution is -0.140. The minimum absolute atomic E-state index is 0.229. The standard InChI is InChI=1S/C27H31F3N4O/c1-18-8-13-24(26(15-18)35-2)32-14-4-5-21-16-22-23(33-20-11-9-19(31)10-12-20)6-3-7-25(22)34(21)17-27(28,29)30/h3,6-8,13,15-16,19-20,32-33H,9-12,14,17,31H2,1-2H3. The zero-order valence-electron chi connectivity index (χ0n) is 20.0. The fourth-order valence-corrected chi connectivity index (χ4v) is 4.57. The number of aromatic nitrogens is 1. The van der Waals surface area contributed by atoms with E-state index in [2.05, 4.69) is 22.5 Å². The van der Waals surface area contributed by atoms with E-state index in [1.807, 2.05) is 31.2 Å². The van der Waals surface area contributed by atoms with Crippen molar-refractivity contribution in [2.24, 2.45) is 5.73 Å². The molecule has 1 heterocycles. The third-order valence-corrected chi connectivity index (χ3v) is 6.36. The molecule has 0 spiro atoms. The molecule has 0 atom stereocenters. The number of aryl methyl sites for hydroxylation is 1. The van der Waals surface area contributed by atoms with Gasteiger partial charge in [0, 0.05) is 23.2 Å². The van der Waals surface area contributed by atoms with Crippen LogP contribution in [0.4, 0.5) is 24.5 Å². The summed E-state index contributed by atoms with van der Waals surface area (Å²) in [5, 5.41) is 7.45. The third-order valence-electron chi connectivity index (χ3n) is 6.36. The van der Waals surface area contributed by atoms with Gasteiger partial charge in [-0.2, -0.15) is 13.2 Å². The summed E-state index contributed by atoms with van der Waals surface area (Å²) < 4.78 is 46.9. The van der Waals surface area contributed by atoms with E-state index in [0.29, 0.717) is 17.0 Å². The van der Waals surface area contributed by atoms with Gasteiger partial charge in [-0.15, -0.1) is 0 Å². The predicted octanol–water partition coefficient (Wildman–Crippen LogP) is 5.67. The fraction of sp³-hybridized carbons (Fsp3) is 0.407. The maximum atomic E-state index is 13.4. The second kappa shape index (κ2) is 10.5. The number of nitrogens with zero attached hydrogens (tertiary/aromatic N) is 1. The summed E-state index contributed by atoms with van der Waals surface area (Å²) in [4.78, 5) is 0. The first kappa shape index (κ1) is 24.8. The number of hydrogen-bond donors (Lipinski definition) is 3. The summed E-state index contributed by atoms with van der Waals surface area (Å²) in [5.41, 5.74) is 9.53. The number of nitrogens with one attached hydrogen (secondary N) is 2. The van der Waals surface area contributed by atoms with Crippen molar-refractivity contribution in [2.45, 2.75) is 57.4 Å². The number of anilines is 2. The molecule has 1 fully saturated rings. The highest BCUT2D eigenvalue weighted by Gasteiger charge is 2.30. The van der Waals surface area contributed by atoms with Crippen LogP contribution < -0.4 is 21.1 Å². The molecule has 5 nitrogen and oxygen atoms in total. The van der Waals surface area contributed by atoms with Gasteiger partial charge in [0.1, 0.15) is 12.3 Å². The molecule has 0 saturated heterocycles. The number of benzene rings is 2. The van der Waals surface area contributed by atoms with Gasteiger partial charge in [-0.1, -0.05) is 18.1 Å². The van der Waals surface area contributed by atoms with Gasteiger partial charge in [-0.05, 0) is 74.4 Å². The highest BCUT2D eigenvalue weighted by atomic mass is 19.4. The summed E-state index contributed by atoms with van der Waals surface area (Å²) in [7, 11) is 1.59. The van der Waals surface area contributed by atoms with E-state index in [-0.39, 0.29) is 18.6 Å². The largest absolute Gasteiger partial charge is 0.495 e. The Morgan fingerprint density at radius 2 is 1.86 bits per heavy atom. The van der Waals surface area contributed by atoms with Crippen molar-refractivity contribution in [3.05, 3.63) is 53.7 Å². The summed E-state index contributed by atoms with van der Waals surface area (Å²) in [6.07, 6.45) is -0.585. The average Bonchev–Trinajstić information content (AvgIpc) is 3.15. The van der Waals surface area contributed by atoms with Crippen molar-refractivity contribution in [1.82, 2.24) is 4.57 Å². The average molecular weight is 485 g/mol. The predicted molar refractivity (Wildman–Crippen MR) is 135 cm³/mol. The van der Waals surface area contributed by atoms with E-state index in [1.165, 1.54) is 4.57 Å². The number of halogens is 3. The van der Waals surface area contributed by atoms with E-state index >= 15 is 0 Å². The minimum Gasteiger partial charge on any atom is -0.495 e. The molecule has 1 aliphatic rings. The van der Waals surface area contributed by atoms with Gasteiger partial charge in [0.05, 0.1) is 30.6 Å². The van der Waals surface area contributed by atoms with Gasteiger partial charge in [0.2, 0.25) is 0 Å². The van der Waals surface area contributed by atoms with E-state index < -0.39 is 12.7 Å². The molecular weight excluding hydrogens is 453 g/mol. The van der Waals surface area contributed by atoms with Crippen molar-refractivity contribution in [1.29, 1.82) is 0 Å². The molecule has 1 saturated carbocycles. The molecule has 4 N–H and O–H groups in total. The number of rotatable bonds is 6. The second-order valence-corrected chi connectivity index (χ2v) is 9.08. The van der Waals surface area contributed by atoms with Crippen molar-refractivity contribution < 1.29 is 17.9 Å². The van der Waals surface area contributed by atoms with Crippen LogP contribution in [0.1, 0.15) is 36.9 Å². The maximum absolute atomic E-state index is 13.4. The fourth-order valence-electron chi connectivity index (χ4n) is 4.57. The van der Waals surface area contributed by atoms with Crippen LogP contribution in [-0.4, -0.2) is 36.5 Å². The lowest BCUT2D eigenvalue weighted by Gasteiger charge is -2.28. The summed E-state index contributed by atoms with van der Waals surface area (Å²) in [6, 6.07) is 13.4. The van der Waals surface area contributed by atoms with Crippen molar-refractivity contribution in [2.75, 3.05) is 24.3 Å². The van der Waals surface area contributed by atoms with Crippen LogP contribution >= 0.6 is 0 Å². The Kier molecular flexibility index (Phi) is 7.46. The Morgan fingerprint density at radius 1 is 1.09 bits per heavy atom. The zero-order chi connectivity index (χ0) is 25.0. The third kappa shape index (κ3) is 6.23. The lowest BCUT2D eigenvalue weighted by Crippen LogP contribution is -2.32. The van der Waals surface area contributed by atoms with Crippen LogP contribution in [0.5, 0.6) is 5.75 Å². The molecule has 8 heteroatoms. The molecule has 0 aliphatic heterocycles. The van der Waals surface area contributed by atoms with Crippen molar-refractivity contribution >= 4 is 22.3 Å². The molecule has 35 heavy (non-hydrogen) atoms. The Labute approximate surface area is 203 Å². The monoisotopic (exact) mass is 484 g/mol. The van der Waals surface area contributed by atoms with E-state index in [9.17, 15) is 13.2 Å². The molecule has 0 amide bonds. The molecule has 4 rings (SSSR count). The quantitative estimate of drug-likeness (QED) is 0.395. The highest BCUT2D eigenvalue weighted by molar-refractivity contribution is 5.94. The maximum Gasteiger partial charge on any atom is 0.406 e. The van der Waals surface area contributed by atoms with Gasteiger partial charge in [-0.3, -0.25) is 0 Å². The first-order valence-corrected chi connectivity index (χ1v) is 11.8. The number of fused-ring (bicyclic) bond motifs is 1. The molecule has 1 aliphatic carbocycles. The van der Waals surface area contributed by atoms with Crippen molar-refractivity contribution in [3.63, 3.8) is 0 Å². The summed E-state index contributed by atoms with van der Waals surface area (Å²) in [6.45, 7) is 1.14. The van der Waals surface area contributed by atoms with Gasteiger partial charge >= 0.3 is 6.18 Å². The van der Waals surface area contributed by atoms with Crippen LogP contribution in [0.2, 0.25) is 0 Å². The van der Waals surface area contributed by atoms with Gasteiger partial charge in [0.15, 0.2) is 0 Å². The van der Waals surface area contributed by atoms with E-state index in [0.717, 1.165) is 48.0 Å². The zero-order valence-corrected chi connectivity index (χ0v) is 20.0. The molecule has 0 bridgehead atoms. The second-order valence-electron chi connectivity index (χ2n) is 9.08. The first-order chi connectivity index (χ1) is 16.7. The number of ether oxygens (including phenoxy) is 1.